The number of amides is 1. The minimum absolute atomic E-state index is 0.0754. The van der Waals surface area contributed by atoms with Crippen LogP contribution in [-0.2, 0) is 15.9 Å². The second-order valence-electron chi connectivity index (χ2n) is 8.16. The Labute approximate surface area is 185 Å². The van der Waals surface area contributed by atoms with E-state index < -0.39 is 23.5 Å². The van der Waals surface area contributed by atoms with E-state index in [0.717, 1.165) is 22.5 Å². The predicted octanol–water partition coefficient (Wildman–Crippen LogP) is 5.34. The molecule has 0 unspecified atom stereocenters. The molecule has 0 radical (unpaired) electrons. The average Bonchev–Trinajstić information content (AvgIpc) is 3.09. The van der Waals surface area contributed by atoms with E-state index in [1.165, 1.54) is 12.1 Å². The number of nitrogens with one attached hydrogen (secondary N) is 2. The zero-order chi connectivity index (χ0) is 23.3. The van der Waals surface area contributed by atoms with E-state index in [1.807, 2.05) is 12.3 Å². The molecule has 2 N–H and O–H groups in total. The normalized spacial score (nSPS) is 11.3. The summed E-state index contributed by atoms with van der Waals surface area (Å²) < 4.78 is 29.9. The number of benzene rings is 2. The van der Waals surface area contributed by atoms with Gasteiger partial charge in [-0.3, -0.25) is 0 Å². The van der Waals surface area contributed by atoms with Gasteiger partial charge < -0.3 is 24.5 Å². The predicted molar refractivity (Wildman–Crippen MR) is 119 cm³/mol. The summed E-state index contributed by atoms with van der Waals surface area (Å²) in [6.45, 7) is 7.70. The molecule has 0 atom stereocenters. The Hall–Kier alpha value is -3.55. The van der Waals surface area contributed by atoms with Crippen molar-refractivity contribution in [2.75, 3.05) is 13.2 Å². The number of carbonyl (C=O) groups excluding carboxylic acids is 2. The third-order valence-electron chi connectivity index (χ3n) is 4.47. The number of ether oxygens (including phenoxy) is 3. The quantitative estimate of drug-likeness (QED) is 0.482. The van der Waals surface area contributed by atoms with E-state index in [2.05, 4.69) is 10.3 Å². The summed E-state index contributed by atoms with van der Waals surface area (Å²) in [6, 6.07) is 9.03. The van der Waals surface area contributed by atoms with Gasteiger partial charge in [0.25, 0.3) is 0 Å². The van der Waals surface area contributed by atoms with E-state index in [-0.39, 0.29) is 17.9 Å². The molecule has 1 amide bonds. The van der Waals surface area contributed by atoms with Gasteiger partial charge in [-0.05, 0) is 70.0 Å². The van der Waals surface area contributed by atoms with E-state index >= 15 is 0 Å². The van der Waals surface area contributed by atoms with E-state index in [0.29, 0.717) is 18.7 Å². The van der Waals surface area contributed by atoms with Gasteiger partial charge in [0.05, 0.1) is 6.61 Å². The fraction of sp³-hybridized carbons (Fsp3) is 0.333. The third kappa shape index (κ3) is 6.00. The van der Waals surface area contributed by atoms with Gasteiger partial charge in [-0.2, -0.15) is 0 Å². The van der Waals surface area contributed by atoms with Crippen LogP contribution < -0.4 is 10.1 Å². The van der Waals surface area contributed by atoms with Crippen LogP contribution in [0.1, 0.15) is 43.6 Å². The largest absolute Gasteiger partial charge is 0.462 e. The topological polar surface area (TPSA) is 89.7 Å². The molecule has 2 aromatic carbocycles. The van der Waals surface area contributed by atoms with Crippen LogP contribution in [0, 0.1) is 5.82 Å². The van der Waals surface area contributed by atoms with Crippen LogP contribution >= 0.6 is 0 Å². The van der Waals surface area contributed by atoms with Crippen molar-refractivity contribution < 1.29 is 28.2 Å². The Morgan fingerprint density at radius 2 is 1.91 bits per heavy atom. The molecule has 1 heterocycles. The average molecular weight is 442 g/mol. The first kappa shape index (κ1) is 23.1. The van der Waals surface area contributed by atoms with Gasteiger partial charge in [0.15, 0.2) is 0 Å². The number of aromatic nitrogens is 1. The minimum Gasteiger partial charge on any atom is -0.462 e. The van der Waals surface area contributed by atoms with Gasteiger partial charge in [0, 0.05) is 29.7 Å². The van der Waals surface area contributed by atoms with Crippen LogP contribution in [0.15, 0.2) is 42.6 Å². The molecule has 8 heteroatoms. The highest BCUT2D eigenvalue weighted by atomic mass is 19.1. The van der Waals surface area contributed by atoms with Crippen molar-refractivity contribution in [3.05, 3.63) is 59.5 Å². The third-order valence-corrected chi connectivity index (χ3v) is 4.47. The molecule has 0 aliphatic heterocycles. The number of hydrogen-bond acceptors (Lipinski definition) is 5. The summed E-state index contributed by atoms with van der Waals surface area (Å²) in [5, 5.41) is 3.63. The molecule has 7 nitrogen and oxygen atoms in total. The standard InChI is InChI=1S/C24H27FN2O5/c1-5-30-22(28)18-8-6-16(25)12-21(18)31-17-7-9-20-19(13-17)15(14-27-20)10-11-26-23(29)32-24(2,3)4/h6-9,12-14,27H,5,10-11H2,1-4H3,(H,26,29). The number of aromatic amines is 1. The molecule has 0 aliphatic rings. The second-order valence-corrected chi connectivity index (χ2v) is 8.16. The molecular formula is C24H27FN2O5. The van der Waals surface area contributed by atoms with Crippen LogP contribution in [-0.4, -0.2) is 35.8 Å². The maximum absolute atomic E-state index is 13.8. The van der Waals surface area contributed by atoms with Crippen LogP contribution in [0.4, 0.5) is 9.18 Å². The lowest BCUT2D eigenvalue weighted by Crippen LogP contribution is -2.33. The second kappa shape index (κ2) is 9.72. The van der Waals surface area contributed by atoms with Crippen LogP contribution in [0.3, 0.4) is 0 Å². The molecule has 170 valence electrons. The molecular weight excluding hydrogens is 415 g/mol. The summed E-state index contributed by atoms with van der Waals surface area (Å²) in [7, 11) is 0. The van der Waals surface area contributed by atoms with Crippen LogP contribution in [0.2, 0.25) is 0 Å². The Bertz CT molecular complexity index is 1120. The van der Waals surface area contributed by atoms with Crippen molar-refractivity contribution in [3.63, 3.8) is 0 Å². The Morgan fingerprint density at radius 1 is 1.12 bits per heavy atom. The van der Waals surface area contributed by atoms with E-state index in [9.17, 15) is 14.0 Å². The maximum atomic E-state index is 13.8. The molecule has 0 fully saturated rings. The van der Waals surface area contributed by atoms with Gasteiger partial charge >= 0.3 is 12.1 Å². The van der Waals surface area contributed by atoms with Crippen LogP contribution in [0.25, 0.3) is 10.9 Å². The number of carbonyl (C=O) groups is 2. The van der Waals surface area contributed by atoms with Crippen molar-refractivity contribution in [1.82, 2.24) is 10.3 Å². The summed E-state index contributed by atoms with van der Waals surface area (Å²) in [5.41, 5.74) is 1.43. The first-order valence-corrected chi connectivity index (χ1v) is 10.4. The molecule has 0 bridgehead atoms. The minimum atomic E-state index is -0.584. The van der Waals surface area contributed by atoms with Crippen molar-refractivity contribution in [2.24, 2.45) is 0 Å². The summed E-state index contributed by atoms with van der Waals surface area (Å²) in [4.78, 5) is 27.2. The van der Waals surface area contributed by atoms with E-state index in [1.54, 1.807) is 39.8 Å². The highest BCUT2D eigenvalue weighted by Gasteiger charge is 2.17. The Balaban J connectivity index is 1.76. The number of esters is 1. The molecule has 0 saturated heterocycles. The molecule has 1 aromatic heterocycles. The van der Waals surface area contributed by atoms with Gasteiger partial charge in [0.2, 0.25) is 0 Å². The zero-order valence-corrected chi connectivity index (χ0v) is 18.6. The van der Waals surface area contributed by atoms with Crippen molar-refractivity contribution >= 4 is 23.0 Å². The molecule has 0 spiro atoms. The number of halogens is 1. The van der Waals surface area contributed by atoms with Crippen molar-refractivity contribution in [2.45, 2.75) is 39.7 Å². The fourth-order valence-electron chi connectivity index (χ4n) is 3.13. The van der Waals surface area contributed by atoms with E-state index in [4.69, 9.17) is 14.2 Å². The lowest BCUT2D eigenvalue weighted by molar-refractivity contribution is 0.0515. The SMILES string of the molecule is CCOC(=O)c1ccc(F)cc1Oc1ccc2[nH]cc(CCNC(=O)OC(C)(C)C)c2c1. The Kier molecular flexibility index (Phi) is 7.02. The van der Waals surface area contributed by atoms with Crippen LogP contribution in [0.5, 0.6) is 11.5 Å². The molecule has 32 heavy (non-hydrogen) atoms. The zero-order valence-electron chi connectivity index (χ0n) is 18.6. The number of alkyl carbamates (subject to hydrolysis) is 1. The summed E-state index contributed by atoms with van der Waals surface area (Å²) in [6.07, 6.45) is 1.95. The van der Waals surface area contributed by atoms with Gasteiger partial charge in [-0.15, -0.1) is 0 Å². The molecule has 3 aromatic rings. The smallest absolute Gasteiger partial charge is 0.407 e. The number of H-pyrrole nitrogens is 1. The molecule has 0 aliphatic carbocycles. The number of hydrogen-bond donors (Lipinski definition) is 2. The van der Waals surface area contributed by atoms with Crippen molar-refractivity contribution in [1.29, 1.82) is 0 Å². The number of fused-ring (bicyclic) bond motifs is 1. The lowest BCUT2D eigenvalue weighted by Gasteiger charge is -2.19. The summed E-state index contributed by atoms with van der Waals surface area (Å²) >= 11 is 0. The Morgan fingerprint density at radius 3 is 2.62 bits per heavy atom. The molecule has 3 rings (SSSR count). The number of rotatable bonds is 7. The fourth-order valence-corrected chi connectivity index (χ4v) is 3.13. The summed E-state index contributed by atoms with van der Waals surface area (Å²) in [5.74, 6) is -0.593. The molecule has 0 saturated carbocycles. The van der Waals surface area contributed by atoms with Gasteiger partial charge in [-0.1, -0.05) is 0 Å². The maximum Gasteiger partial charge on any atom is 0.407 e. The van der Waals surface area contributed by atoms with Gasteiger partial charge in [-0.25, -0.2) is 14.0 Å². The monoisotopic (exact) mass is 442 g/mol. The highest BCUT2D eigenvalue weighted by Crippen LogP contribution is 2.30. The lowest BCUT2D eigenvalue weighted by atomic mass is 10.1. The van der Waals surface area contributed by atoms with Gasteiger partial charge in [0.1, 0.15) is 28.5 Å². The highest BCUT2D eigenvalue weighted by molar-refractivity contribution is 5.92. The first-order valence-electron chi connectivity index (χ1n) is 10.4. The first-order chi connectivity index (χ1) is 15.2. The van der Waals surface area contributed by atoms with Crippen molar-refractivity contribution in [3.8, 4) is 11.5 Å².